The number of benzene rings is 2. The van der Waals surface area contributed by atoms with E-state index in [1.165, 1.54) is 12.8 Å². The molecule has 1 N–H and O–H groups in total. The molecule has 2 aliphatic rings. The van der Waals surface area contributed by atoms with Crippen molar-refractivity contribution in [3.05, 3.63) is 64.9 Å². The summed E-state index contributed by atoms with van der Waals surface area (Å²) in [5, 5.41) is 10.4. The summed E-state index contributed by atoms with van der Waals surface area (Å²) in [4.78, 5) is 28.9. The van der Waals surface area contributed by atoms with Gasteiger partial charge in [0.25, 0.3) is 5.91 Å². The van der Waals surface area contributed by atoms with Gasteiger partial charge in [-0.05, 0) is 62.1 Å². The lowest BCUT2D eigenvalue weighted by Gasteiger charge is -2.20. The monoisotopic (exact) mass is 362 g/mol. The maximum Gasteiger partial charge on any atom is 0.301 e. The van der Waals surface area contributed by atoms with Crippen LogP contribution in [0.5, 0.6) is 0 Å². The molecule has 0 saturated carbocycles. The fraction of sp³-hybridized carbons (Fsp3) is 0.273. The van der Waals surface area contributed by atoms with Crippen molar-refractivity contribution in [2.45, 2.75) is 26.7 Å². The van der Waals surface area contributed by atoms with Crippen molar-refractivity contribution in [3.63, 3.8) is 0 Å². The lowest BCUT2D eigenvalue weighted by molar-refractivity contribution is -0.121. The van der Waals surface area contributed by atoms with Gasteiger partial charge in [0, 0.05) is 18.8 Å². The summed E-state index contributed by atoms with van der Waals surface area (Å²) >= 11 is 0. The Kier molecular flexibility index (Phi) is 4.22. The Morgan fingerprint density at radius 3 is 2.11 bits per heavy atom. The molecule has 0 aromatic heterocycles. The first-order valence-corrected chi connectivity index (χ1v) is 9.22. The minimum atomic E-state index is -0.677. The predicted octanol–water partition coefficient (Wildman–Crippen LogP) is 3.75. The normalized spacial score (nSPS) is 17.4. The van der Waals surface area contributed by atoms with E-state index in [2.05, 4.69) is 4.90 Å². The van der Waals surface area contributed by atoms with Crippen LogP contribution >= 0.6 is 0 Å². The van der Waals surface area contributed by atoms with Gasteiger partial charge in [0.1, 0.15) is 0 Å². The number of rotatable bonds is 3. The van der Waals surface area contributed by atoms with Gasteiger partial charge in [-0.25, -0.2) is 4.90 Å². The fourth-order valence-corrected chi connectivity index (χ4v) is 3.88. The summed E-state index contributed by atoms with van der Waals surface area (Å²) in [6.45, 7) is 5.88. The smallest absolute Gasteiger partial charge is 0.301 e. The van der Waals surface area contributed by atoms with Crippen LogP contribution in [0, 0.1) is 13.8 Å². The van der Waals surface area contributed by atoms with E-state index in [4.69, 9.17) is 0 Å². The van der Waals surface area contributed by atoms with Gasteiger partial charge in [-0.2, -0.15) is 0 Å². The maximum atomic E-state index is 13.0. The summed E-state index contributed by atoms with van der Waals surface area (Å²) in [5.74, 6) is -1.65. The van der Waals surface area contributed by atoms with Gasteiger partial charge in [0.15, 0.2) is 5.76 Å². The van der Waals surface area contributed by atoms with E-state index in [9.17, 15) is 14.7 Å². The Morgan fingerprint density at radius 1 is 0.852 bits per heavy atom. The molecule has 2 aromatic carbocycles. The number of aliphatic hydroxyl groups excluding tert-OH is 1. The molecule has 2 amide bonds. The first-order valence-electron chi connectivity index (χ1n) is 9.22. The molecule has 138 valence electrons. The number of carbonyl (C=O) groups excluding carboxylic acids is 2. The van der Waals surface area contributed by atoms with Crippen LogP contribution in [0.3, 0.4) is 0 Å². The summed E-state index contributed by atoms with van der Waals surface area (Å²) in [6.07, 6.45) is 2.36. The van der Waals surface area contributed by atoms with E-state index in [0.29, 0.717) is 11.3 Å². The van der Waals surface area contributed by atoms with Gasteiger partial charge in [-0.3, -0.25) is 9.59 Å². The Hall–Kier alpha value is -3.08. The fourth-order valence-electron chi connectivity index (χ4n) is 3.88. The zero-order valence-corrected chi connectivity index (χ0v) is 15.5. The summed E-state index contributed by atoms with van der Waals surface area (Å²) < 4.78 is 0. The second-order valence-corrected chi connectivity index (χ2v) is 7.20. The molecular formula is C22H22N2O3. The molecule has 0 spiro atoms. The molecule has 2 aromatic rings. The van der Waals surface area contributed by atoms with Crippen molar-refractivity contribution >= 4 is 28.8 Å². The third-order valence-corrected chi connectivity index (χ3v) is 5.29. The highest BCUT2D eigenvalue weighted by Gasteiger charge is 2.40. The van der Waals surface area contributed by atoms with Crippen LogP contribution in [0.1, 0.15) is 29.5 Å². The van der Waals surface area contributed by atoms with Crippen molar-refractivity contribution in [2.75, 3.05) is 22.9 Å². The molecular weight excluding hydrogens is 340 g/mol. The van der Waals surface area contributed by atoms with Crippen molar-refractivity contribution in [1.29, 1.82) is 0 Å². The molecule has 2 aliphatic heterocycles. The molecule has 0 unspecified atom stereocenters. The highest BCUT2D eigenvalue weighted by Crippen LogP contribution is 2.34. The molecule has 1 fully saturated rings. The third kappa shape index (κ3) is 2.89. The number of aliphatic hydroxyl groups is 1. The average Bonchev–Trinajstić information content (AvgIpc) is 3.25. The van der Waals surface area contributed by atoms with E-state index >= 15 is 0 Å². The van der Waals surface area contributed by atoms with Gasteiger partial charge < -0.3 is 10.0 Å². The Balaban J connectivity index is 1.66. The molecule has 0 atom stereocenters. The highest BCUT2D eigenvalue weighted by molar-refractivity contribution is 6.45. The molecule has 2 heterocycles. The Labute approximate surface area is 158 Å². The first-order chi connectivity index (χ1) is 13.0. The van der Waals surface area contributed by atoms with Crippen LogP contribution < -0.4 is 9.80 Å². The number of anilines is 2. The van der Waals surface area contributed by atoms with Crippen LogP contribution in [-0.4, -0.2) is 30.0 Å². The molecule has 0 radical (unpaired) electrons. The van der Waals surface area contributed by atoms with Crippen molar-refractivity contribution in [3.8, 4) is 0 Å². The van der Waals surface area contributed by atoms with Crippen LogP contribution in [-0.2, 0) is 9.59 Å². The van der Waals surface area contributed by atoms with Crippen LogP contribution in [0.4, 0.5) is 11.4 Å². The van der Waals surface area contributed by atoms with Gasteiger partial charge in [-0.1, -0.05) is 23.8 Å². The SMILES string of the molecule is Cc1ccc(C2=C(O)C(=O)N(c3ccc(N4CCCC4)cc3)C2=O)c(C)c1. The number of nitrogens with zero attached hydrogens (tertiary/aromatic N) is 2. The second kappa shape index (κ2) is 6.58. The third-order valence-electron chi connectivity index (χ3n) is 5.29. The minimum absolute atomic E-state index is 0.0705. The first kappa shape index (κ1) is 17.3. The molecule has 5 heteroatoms. The number of carbonyl (C=O) groups is 2. The van der Waals surface area contributed by atoms with Crippen molar-refractivity contribution in [1.82, 2.24) is 0 Å². The van der Waals surface area contributed by atoms with E-state index in [0.717, 1.165) is 34.8 Å². The van der Waals surface area contributed by atoms with Crippen molar-refractivity contribution < 1.29 is 14.7 Å². The minimum Gasteiger partial charge on any atom is -0.502 e. The lowest BCUT2D eigenvalue weighted by atomic mass is 9.98. The number of hydrogen-bond donors (Lipinski definition) is 1. The maximum absolute atomic E-state index is 13.0. The Bertz CT molecular complexity index is 954. The standard InChI is InChI=1S/C22H22N2O3/c1-14-5-10-18(15(2)13-14)19-20(25)22(27)24(21(19)26)17-8-6-16(7-9-17)23-11-3-4-12-23/h5-10,13,25H,3-4,11-12H2,1-2H3. The van der Waals surface area contributed by atoms with Crippen LogP contribution in [0.25, 0.3) is 5.57 Å². The largest absolute Gasteiger partial charge is 0.502 e. The summed E-state index contributed by atoms with van der Waals surface area (Å²) in [5.41, 5.74) is 4.13. The summed E-state index contributed by atoms with van der Waals surface area (Å²) in [6, 6.07) is 13.0. The number of imide groups is 1. The second-order valence-electron chi connectivity index (χ2n) is 7.20. The predicted molar refractivity (Wildman–Crippen MR) is 106 cm³/mol. The molecule has 5 nitrogen and oxygen atoms in total. The van der Waals surface area contributed by atoms with E-state index < -0.39 is 17.6 Å². The quantitative estimate of drug-likeness (QED) is 0.845. The van der Waals surface area contributed by atoms with Crippen LogP contribution in [0.2, 0.25) is 0 Å². The lowest BCUT2D eigenvalue weighted by Crippen LogP contribution is -2.31. The molecule has 1 saturated heterocycles. The average molecular weight is 362 g/mol. The van der Waals surface area contributed by atoms with Gasteiger partial charge >= 0.3 is 5.91 Å². The number of amides is 2. The van der Waals surface area contributed by atoms with Crippen LogP contribution in [0.15, 0.2) is 48.2 Å². The Morgan fingerprint density at radius 2 is 1.48 bits per heavy atom. The number of aryl methyl sites for hydroxylation is 2. The van der Waals surface area contributed by atoms with E-state index in [1.54, 1.807) is 18.2 Å². The zero-order valence-electron chi connectivity index (χ0n) is 15.5. The molecule has 4 rings (SSSR count). The zero-order chi connectivity index (χ0) is 19.1. The highest BCUT2D eigenvalue weighted by atomic mass is 16.3. The van der Waals surface area contributed by atoms with Gasteiger partial charge in [0.05, 0.1) is 11.3 Å². The molecule has 27 heavy (non-hydrogen) atoms. The molecule has 0 aliphatic carbocycles. The van der Waals surface area contributed by atoms with E-state index in [-0.39, 0.29) is 5.57 Å². The topological polar surface area (TPSA) is 60.9 Å². The van der Waals surface area contributed by atoms with Crippen molar-refractivity contribution in [2.24, 2.45) is 0 Å². The van der Waals surface area contributed by atoms with E-state index in [1.807, 2.05) is 38.1 Å². The van der Waals surface area contributed by atoms with Gasteiger partial charge in [0.2, 0.25) is 0 Å². The van der Waals surface area contributed by atoms with Gasteiger partial charge in [-0.15, -0.1) is 0 Å². The summed E-state index contributed by atoms with van der Waals surface area (Å²) in [7, 11) is 0. The number of hydrogen-bond acceptors (Lipinski definition) is 4. The molecule has 0 bridgehead atoms.